The molecule has 1 aromatic carbocycles. The van der Waals surface area contributed by atoms with Crippen LogP contribution in [0.25, 0.3) is 10.9 Å². The Balaban J connectivity index is 2.03. The summed E-state index contributed by atoms with van der Waals surface area (Å²) in [6.45, 7) is 1.95. The summed E-state index contributed by atoms with van der Waals surface area (Å²) in [7, 11) is 1.63. The summed E-state index contributed by atoms with van der Waals surface area (Å²) in [6, 6.07) is 7.60. The van der Waals surface area contributed by atoms with Gasteiger partial charge < -0.3 is 10.1 Å². The highest BCUT2D eigenvalue weighted by Crippen LogP contribution is 2.25. The van der Waals surface area contributed by atoms with E-state index in [-0.39, 0.29) is 0 Å². The summed E-state index contributed by atoms with van der Waals surface area (Å²) in [6.07, 6.45) is 1.52. The van der Waals surface area contributed by atoms with Crippen molar-refractivity contribution in [1.29, 1.82) is 0 Å². The van der Waals surface area contributed by atoms with Crippen LogP contribution < -0.4 is 10.1 Å². The van der Waals surface area contributed by atoms with Gasteiger partial charge in [-0.15, -0.1) is 0 Å². The molecule has 0 saturated carbocycles. The zero-order valence-corrected chi connectivity index (χ0v) is 10.6. The first-order chi connectivity index (χ1) is 9.26. The van der Waals surface area contributed by atoms with Crippen molar-refractivity contribution in [3.63, 3.8) is 0 Å². The fraction of sp³-hybridized carbons (Fsp3) is 0.154. The summed E-state index contributed by atoms with van der Waals surface area (Å²) < 4.78 is 5.19. The highest BCUT2D eigenvalue weighted by Gasteiger charge is 2.06. The Morgan fingerprint density at radius 1 is 1.21 bits per heavy atom. The number of aromatic amines is 1. The van der Waals surface area contributed by atoms with Crippen LogP contribution in [0.1, 0.15) is 5.69 Å². The van der Waals surface area contributed by atoms with Crippen molar-refractivity contribution in [3.05, 3.63) is 36.3 Å². The number of H-pyrrole nitrogens is 1. The van der Waals surface area contributed by atoms with Gasteiger partial charge in [-0.25, -0.2) is 9.97 Å². The molecule has 2 N–H and O–H groups in total. The minimum absolute atomic E-state index is 0.721. The Bertz CT molecular complexity index is 722. The number of hydrogen-bond acceptors (Lipinski definition) is 5. The third-order valence-electron chi connectivity index (χ3n) is 2.80. The Morgan fingerprint density at radius 3 is 2.84 bits per heavy atom. The minimum Gasteiger partial charge on any atom is -0.497 e. The van der Waals surface area contributed by atoms with Crippen LogP contribution in [0.5, 0.6) is 5.75 Å². The molecule has 96 valence electrons. The second kappa shape index (κ2) is 4.56. The van der Waals surface area contributed by atoms with E-state index in [4.69, 9.17) is 4.74 Å². The molecule has 6 heteroatoms. The van der Waals surface area contributed by atoms with Crippen LogP contribution in [0.2, 0.25) is 0 Å². The molecule has 0 atom stereocenters. The van der Waals surface area contributed by atoms with Crippen LogP contribution in [-0.2, 0) is 0 Å². The molecule has 0 unspecified atom stereocenters. The van der Waals surface area contributed by atoms with E-state index in [0.29, 0.717) is 0 Å². The van der Waals surface area contributed by atoms with E-state index in [9.17, 15) is 0 Å². The van der Waals surface area contributed by atoms with E-state index in [1.165, 1.54) is 6.33 Å². The molecular formula is C13H13N5O. The lowest BCUT2D eigenvalue weighted by molar-refractivity contribution is 0.415. The fourth-order valence-corrected chi connectivity index (χ4v) is 1.87. The predicted octanol–water partition coefficient (Wildman–Crippen LogP) is 2.41. The number of ether oxygens (including phenoxy) is 1. The highest BCUT2D eigenvalue weighted by atomic mass is 16.5. The average molecular weight is 255 g/mol. The van der Waals surface area contributed by atoms with Gasteiger partial charge in [-0.05, 0) is 19.1 Å². The molecule has 3 aromatic rings. The van der Waals surface area contributed by atoms with Gasteiger partial charge in [0.15, 0.2) is 5.82 Å². The molecule has 2 aromatic heterocycles. The van der Waals surface area contributed by atoms with Crippen molar-refractivity contribution in [2.75, 3.05) is 12.4 Å². The van der Waals surface area contributed by atoms with Crippen LogP contribution >= 0.6 is 0 Å². The van der Waals surface area contributed by atoms with Crippen LogP contribution in [0.4, 0.5) is 11.6 Å². The Morgan fingerprint density at radius 2 is 2.11 bits per heavy atom. The van der Waals surface area contributed by atoms with E-state index < -0.39 is 0 Å². The molecule has 0 radical (unpaired) electrons. The SMILES string of the molecule is COc1ccc2c(Nc3cc(C)[nH]n3)ncnc2c1. The van der Waals surface area contributed by atoms with Gasteiger partial charge in [0.2, 0.25) is 0 Å². The molecule has 6 nitrogen and oxygen atoms in total. The predicted molar refractivity (Wildman–Crippen MR) is 72.7 cm³/mol. The maximum Gasteiger partial charge on any atom is 0.153 e. The van der Waals surface area contributed by atoms with Crippen LogP contribution in [-0.4, -0.2) is 27.3 Å². The van der Waals surface area contributed by atoms with Crippen LogP contribution in [0, 0.1) is 6.92 Å². The molecular weight excluding hydrogens is 242 g/mol. The van der Waals surface area contributed by atoms with Crippen molar-refractivity contribution in [2.24, 2.45) is 0 Å². The number of aromatic nitrogens is 4. The monoisotopic (exact) mass is 255 g/mol. The number of aryl methyl sites for hydroxylation is 1. The number of fused-ring (bicyclic) bond motifs is 1. The van der Waals surface area contributed by atoms with Crippen molar-refractivity contribution in [2.45, 2.75) is 6.92 Å². The van der Waals surface area contributed by atoms with E-state index in [1.54, 1.807) is 7.11 Å². The zero-order chi connectivity index (χ0) is 13.2. The molecule has 0 aliphatic heterocycles. The Hall–Kier alpha value is -2.63. The summed E-state index contributed by atoms with van der Waals surface area (Å²) in [5, 5.41) is 11.1. The maximum atomic E-state index is 5.19. The molecule has 0 saturated heterocycles. The number of nitrogens with zero attached hydrogens (tertiary/aromatic N) is 3. The number of anilines is 2. The molecule has 0 aliphatic carbocycles. The van der Waals surface area contributed by atoms with E-state index in [1.807, 2.05) is 31.2 Å². The number of benzene rings is 1. The van der Waals surface area contributed by atoms with Gasteiger partial charge in [-0.1, -0.05) is 0 Å². The molecule has 2 heterocycles. The van der Waals surface area contributed by atoms with E-state index >= 15 is 0 Å². The van der Waals surface area contributed by atoms with Gasteiger partial charge in [0.05, 0.1) is 12.6 Å². The minimum atomic E-state index is 0.721. The number of rotatable bonds is 3. The first-order valence-corrected chi connectivity index (χ1v) is 5.84. The molecule has 0 fully saturated rings. The topological polar surface area (TPSA) is 75.7 Å². The Labute approximate surface area is 109 Å². The van der Waals surface area contributed by atoms with Crippen molar-refractivity contribution in [1.82, 2.24) is 20.2 Å². The molecule has 0 spiro atoms. The first-order valence-electron chi connectivity index (χ1n) is 5.84. The van der Waals surface area contributed by atoms with Gasteiger partial charge >= 0.3 is 0 Å². The van der Waals surface area contributed by atoms with Crippen LogP contribution in [0.15, 0.2) is 30.6 Å². The largest absolute Gasteiger partial charge is 0.497 e. The van der Waals surface area contributed by atoms with Crippen molar-refractivity contribution >= 4 is 22.5 Å². The lowest BCUT2D eigenvalue weighted by atomic mass is 10.2. The van der Waals surface area contributed by atoms with Gasteiger partial charge in [0.25, 0.3) is 0 Å². The molecule has 0 bridgehead atoms. The molecule has 0 amide bonds. The maximum absolute atomic E-state index is 5.19. The second-order valence-corrected chi connectivity index (χ2v) is 4.17. The third kappa shape index (κ3) is 2.20. The lowest BCUT2D eigenvalue weighted by Crippen LogP contribution is -1.96. The number of methoxy groups -OCH3 is 1. The fourth-order valence-electron chi connectivity index (χ4n) is 1.87. The van der Waals surface area contributed by atoms with Gasteiger partial charge in [-0.3, -0.25) is 5.10 Å². The molecule has 19 heavy (non-hydrogen) atoms. The lowest BCUT2D eigenvalue weighted by Gasteiger charge is -2.06. The summed E-state index contributed by atoms with van der Waals surface area (Å²) in [5.74, 6) is 2.22. The number of hydrogen-bond donors (Lipinski definition) is 2. The highest BCUT2D eigenvalue weighted by molar-refractivity contribution is 5.91. The van der Waals surface area contributed by atoms with Crippen molar-refractivity contribution < 1.29 is 4.74 Å². The Kier molecular flexibility index (Phi) is 2.75. The van der Waals surface area contributed by atoms with Crippen LogP contribution in [0.3, 0.4) is 0 Å². The quantitative estimate of drug-likeness (QED) is 0.751. The second-order valence-electron chi connectivity index (χ2n) is 4.17. The molecule has 0 aliphatic rings. The van der Waals surface area contributed by atoms with Gasteiger partial charge in [-0.2, -0.15) is 5.10 Å². The zero-order valence-electron chi connectivity index (χ0n) is 10.6. The van der Waals surface area contributed by atoms with Gasteiger partial charge in [0, 0.05) is 23.2 Å². The third-order valence-corrected chi connectivity index (χ3v) is 2.80. The van der Waals surface area contributed by atoms with Gasteiger partial charge in [0.1, 0.15) is 17.9 Å². The summed E-state index contributed by atoms with van der Waals surface area (Å²) in [4.78, 5) is 8.49. The number of nitrogens with one attached hydrogen (secondary N) is 2. The standard InChI is InChI=1S/C13H13N5O/c1-8-5-12(18-17-8)16-13-10-4-3-9(19-2)6-11(10)14-7-15-13/h3-7H,1-2H3,(H2,14,15,16,17,18). The van der Waals surface area contributed by atoms with E-state index in [2.05, 4.69) is 25.5 Å². The van der Waals surface area contributed by atoms with E-state index in [0.717, 1.165) is 34.0 Å². The first kappa shape index (κ1) is 11.5. The smallest absolute Gasteiger partial charge is 0.153 e. The summed E-state index contributed by atoms with van der Waals surface area (Å²) >= 11 is 0. The molecule has 3 rings (SSSR count). The summed E-state index contributed by atoms with van der Waals surface area (Å²) in [5.41, 5.74) is 1.81. The van der Waals surface area contributed by atoms with Crippen molar-refractivity contribution in [3.8, 4) is 5.75 Å². The normalized spacial score (nSPS) is 10.6. The average Bonchev–Trinajstić information content (AvgIpc) is 2.84.